The van der Waals surface area contributed by atoms with Gasteiger partial charge in [-0.3, -0.25) is 14.5 Å². The van der Waals surface area contributed by atoms with Gasteiger partial charge in [0.15, 0.2) is 17.8 Å². The zero-order valence-electron chi connectivity index (χ0n) is 30.5. The molecule has 4 aromatic rings. The molecule has 4 aromatic carbocycles. The van der Waals surface area contributed by atoms with E-state index in [4.69, 9.17) is 24.7 Å². The quantitative estimate of drug-likeness (QED) is 0.0833. The van der Waals surface area contributed by atoms with E-state index < -0.39 is 6.29 Å². The molecule has 0 unspecified atom stereocenters. The maximum absolute atomic E-state index is 12.6. The van der Waals surface area contributed by atoms with Gasteiger partial charge < -0.3 is 40.4 Å². The lowest BCUT2D eigenvalue weighted by atomic mass is 9.97. The Hall–Kier alpha value is -4.94. The molecule has 11 nitrogen and oxygen atoms in total. The van der Waals surface area contributed by atoms with E-state index in [-0.39, 0.29) is 30.6 Å². The molecular formula is C42H50N4O7. The zero-order chi connectivity index (χ0) is 37.2. The summed E-state index contributed by atoms with van der Waals surface area (Å²) < 4.78 is 24.3. The fourth-order valence-corrected chi connectivity index (χ4v) is 6.89. The number of anilines is 2. The van der Waals surface area contributed by atoms with Crippen LogP contribution in [0.25, 0.3) is 0 Å². The first-order chi connectivity index (χ1) is 25.8. The first-order valence-corrected chi connectivity index (χ1v) is 18.3. The Morgan fingerprint density at radius 2 is 1.51 bits per heavy atom. The number of ether oxygens (including phenoxy) is 4. The minimum atomic E-state index is -0.572. The van der Waals surface area contributed by atoms with Gasteiger partial charge in [-0.2, -0.15) is 0 Å². The van der Waals surface area contributed by atoms with Crippen molar-refractivity contribution < 1.29 is 33.6 Å². The number of benzene rings is 4. The molecular weight excluding hydrogens is 672 g/mol. The van der Waals surface area contributed by atoms with E-state index in [0.717, 1.165) is 59.8 Å². The molecule has 5 N–H and O–H groups in total. The second-order valence-corrected chi connectivity index (χ2v) is 13.7. The lowest BCUT2D eigenvalue weighted by Gasteiger charge is -2.39. The normalized spacial score (nSPS) is 18.5. The van der Waals surface area contributed by atoms with Crippen molar-refractivity contribution in [2.75, 3.05) is 38.4 Å². The van der Waals surface area contributed by atoms with Crippen molar-refractivity contribution in [3.63, 3.8) is 0 Å². The minimum absolute atomic E-state index is 0.00969. The van der Waals surface area contributed by atoms with Crippen molar-refractivity contribution in [1.29, 1.82) is 0 Å². The number of rotatable bonds is 15. The third-order valence-electron chi connectivity index (χ3n) is 9.91. The highest BCUT2D eigenvalue weighted by molar-refractivity contribution is 5.93. The van der Waals surface area contributed by atoms with E-state index in [1.54, 1.807) is 26.4 Å². The molecule has 2 amide bonds. The predicted molar refractivity (Wildman–Crippen MR) is 203 cm³/mol. The van der Waals surface area contributed by atoms with E-state index in [1.807, 2.05) is 60.7 Å². The number of nitrogen functional groups attached to an aromatic ring is 1. The highest BCUT2D eigenvalue weighted by atomic mass is 16.7. The van der Waals surface area contributed by atoms with Crippen molar-refractivity contribution in [1.82, 2.24) is 10.2 Å². The van der Waals surface area contributed by atoms with Gasteiger partial charge in [-0.25, -0.2) is 0 Å². The summed E-state index contributed by atoms with van der Waals surface area (Å²) in [6.45, 7) is 2.83. The van der Waals surface area contributed by atoms with Crippen LogP contribution >= 0.6 is 0 Å². The van der Waals surface area contributed by atoms with E-state index in [2.05, 4.69) is 27.7 Å². The van der Waals surface area contributed by atoms with Gasteiger partial charge in [-0.1, -0.05) is 60.7 Å². The molecule has 0 radical (unpaired) electrons. The summed E-state index contributed by atoms with van der Waals surface area (Å²) in [5.74, 6) is 1.31. The van der Waals surface area contributed by atoms with Gasteiger partial charge in [0.2, 0.25) is 11.8 Å². The summed E-state index contributed by atoms with van der Waals surface area (Å²) >= 11 is 0. The highest BCUT2D eigenvalue weighted by Crippen LogP contribution is 2.39. The summed E-state index contributed by atoms with van der Waals surface area (Å²) in [6, 6.07) is 27.2. The minimum Gasteiger partial charge on any atom is -0.493 e. The Bertz CT molecular complexity index is 1830. The maximum atomic E-state index is 12.6. The molecule has 2 aliphatic rings. The standard InChI is InChI=1S/C42H50N4O7/c1-50-38-21-32-19-20-46(25-33(32)22-39(38)51-2)26-34-23-37(30-15-13-29(27-47)14-16-30)53-42(52-34)31-17-11-28(12-18-31)24-44-40(48)9-5-6-10-41(49)45-36-8-4-3-7-35(36)43/h3-4,7-8,11-18,21-22,34,37,42,47H,5-6,9-10,19-20,23-27,43H2,1-2H3,(H,44,48)(H,45,49)/t34-,37+,42+/m0/s1. The second-order valence-electron chi connectivity index (χ2n) is 13.7. The first kappa shape index (κ1) is 37.8. The topological polar surface area (TPSA) is 145 Å². The predicted octanol–water partition coefficient (Wildman–Crippen LogP) is 6.20. The summed E-state index contributed by atoms with van der Waals surface area (Å²) in [5.41, 5.74) is 13.3. The van der Waals surface area contributed by atoms with Crippen LogP contribution in [0.5, 0.6) is 11.5 Å². The molecule has 280 valence electrons. The van der Waals surface area contributed by atoms with Crippen LogP contribution in [0.3, 0.4) is 0 Å². The van der Waals surface area contributed by atoms with Crippen LogP contribution in [0.2, 0.25) is 0 Å². The van der Waals surface area contributed by atoms with Crippen molar-refractivity contribution in [3.8, 4) is 11.5 Å². The van der Waals surface area contributed by atoms with Crippen LogP contribution in [0.4, 0.5) is 11.4 Å². The Balaban J connectivity index is 1.03. The number of nitrogens with two attached hydrogens (primary N) is 1. The van der Waals surface area contributed by atoms with Gasteiger partial charge in [-0.15, -0.1) is 0 Å². The lowest BCUT2D eigenvalue weighted by Crippen LogP contribution is -2.41. The number of unbranched alkanes of at least 4 members (excludes halogenated alkanes) is 1. The maximum Gasteiger partial charge on any atom is 0.224 e. The molecule has 2 heterocycles. The second kappa shape index (κ2) is 18.2. The number of hydrogen-bond acceptors (Lipinski definition) is 9. The molecule has 0 saturated carbocycles. The number of aliphatic hydroxyl groups is 1. The molecule has 1 fully saturated rings. The zero-order valence-corrected chi connectivity index (χ0v) is 30.5. The van der Waals surface area contributed by atoms with Crippen molar-refractivity contribution >= 4 is 23.2 Å². The summed E-state index contributed by atoms with van der Waals surface area (Å²) in [4.78, 5) is 27.2. The van der Waals surface area contributed by atoms with Gasteiger partial charge in [0.1, 0.15) is 0 Å². The Morgan fingerprint density at radius 1 is 0.849 bits per heavy atom. The summed E-state index contributed by atoms with van der Waals surface area (Å²) in [5, 5.41) is 15.4. The van der Waals surface area contributed by atoms with E-state index >= 15 is 0 Å². The van der Waals surface area contributed by atoms with Crippen molar-refractivity contribution in [2.24, 2.45) is 0 Å². The number of nitrogens with one attached hydrogen (secondary N) is 2. The summed E-state index contributed by atoms with van der Waals surface area (Å²) in [6.07, 6.45) is 2.64. The average molecular weight is 723 g/mol. The highest BCUT2D eigenvalue weighted by Gasteiger charge is 2.34. The average Bonchev–Trinajstić information content (AvgIpc) is 3.19. The van der Waals surface area contributed by atoms with Gasteiger partial charge in [0.25, 0.3) is 0 Å². The van der Waals surface area contributed by atoms with E-state index in [0.29, 0.717) is 50.0 Å². The number of fused-ring (bicyclic) bond motifs is 1. The van der Waals surface area contributed by atoms with Gasteiger partial charge in [0, 0.05) is 51.0 Å². The number of aliphatic hydroxyl groups excluding tert-OH is 1. The van der Waals surface area contributed by atoms with Crippen LogP contribution in [-0.2, 0) is 45.2 Å². The van der Waals surface area contributed by atoms with Crippen LogP contribution in [0.1, 0.15) is 77.9 Å². The number of methoxy groups -OCH3 is 2. The van der Waals surface area contributed by atoms with Crippen molar-refractivity contribution in [2.45, 2.75) is 76.7 Å². The Kier molecular flexibility index (Phi) is 13.0. The third-order valence-corrected chi connectivity index (χ3v) is 9.91. The van der Waals surface area contributed by atoms with E-state index in [1.165, 1.54) is 11.1 Å². The smallest absolute Gasteiger partial charge is 0.224 e. The van der Waals surface area contributed by atoms with Crippen molar-refractivity contribution in [3.05, 3.63) is 118 Å². The largest absolute Gasteiger partial charge is 0.493 e. The molecule has 0 spiro atoms. The number of amides is 2. The fourth-order valence-electron chi connectivity index (χ4n) is 6.89. The van der Waals surface area contributed by atoms with Crippen LogP contribution in [-0.4, -0.2) is 55.2 Å². The number of hydrogen-bond donors (Lipinski definition) is 4. The fraction of sp³-hybridized carbons (Fsp3) is 0.381. The Labute approximate surface area is 311 Å². The molecule has 0 aromatic heterocycles. The third kappa shape index (κ3) is 10.1. The molecule has 3 atom stereocenters. The van der Waals surface area contributed by atoms with Gasteiger partial charge in [-0.05, 0) is 71.3 Å². The SMILES string of the molecule is COc1cc2c(cc1OC)CN(C[C@@H]1C[C@H](c3ccc(CO)cc3)O[C@H](c3ccc(CNC(=O)CCCCC(=O)Nc4ccccc4N)cc3)O1)CC2. The van der Waals surface area contributed by atoms with Crippen LogP contribution in [0, 0.1) is 0 Å². The van der Waals surface area contributed by atoms with Gasteiger partial charge >= 0.3 is 0 Å². The molecule has 11 heteroatoms. The molecule has 53 heavy (non-hydrogen) atoms. The molecule has 1 saturated heterocycles. The number of carbonyl (C=O) groups is 2. The first-order valence-electron chi connectivity index (χ1n) is 18.3. The molecule has 6 rings (SSSR count). The van der Waals surface area contributed by atoms with Gasteiger partial charge in [0.05, 0.1) is 44.4 Å². The van der Waals surface area contributed by atoms with Crippen LogP contribution in [0.15, 0.2) is 84.9 Å². The monoisotopic (exact) mass is 722 g/mol. The molecule has 0 aliphatic carbocycles. The Morgan fingerprint density at radius 3 is 2.21 bits per heavy atom. The number of carbonyl (C=O) groups excluding carboxylic acids is 2. The van der Waals surface area contributed by atoms with E-state index in [9.17, 15) is 14.7 Å². The van der Waals surface area contributed by atoms with Crippen LogP contribution < -0.4 is 25.8 Å². The molecule has 2 aliphatic heterocycles. The lowest BCUT2D eigenvalue weighted by molar-refractivity contribution is -0.253. The number of nitrogens with zero attached hydrogens (tertiary/aromatic N) is 1. The number of para-hydroxylation sites is 2. The summed E-state index contributed by atoms with van der Waals surface area (Å²) in [7, 11) is 3.33. The molecule has 0 bridgehead atoms.